The van der Waals surface area contributed by atoms with E-state index < -0.39 is 0 Å². The van der Waals surface area contributed by atoms with Gasteiger partial charge in [0.2, 0.25) is 0 Å². The van der Waals surface area contributed by atoms with Crippen molar-refractivity contribution in [1.82, 2.24) is 9.55 Å². The van der Waals surface area contributed by atoms with Crippen LogP contribution >= 0.6 is 0 Å². The van der Waals surface area contributed by atoms with E-state index in [-0.39, 0.29) is 27.1 Å². The van der Waals surface area contributed by atoms with Crippen LogP contribution in [0.3, 0.4) is 0 Å². The molecule has 0 amide bonds. The number of hydrogen-bond donors (Lipinski definition) is 0. The highest BCUT2D eigenvalue weighted by atomic mass is 16.5. The lowest BCUT2D eigenvalue weighted by Crippen LogP contribution is -2.27. The second-order valence-electron chi connectivity index (χ2n) is 22.1. The normalized spacial score (nSPS) is 14.1. The van der Waals surface area contributed by atoms with Crippen molar-refractivity contribution in [3.63, 3.8) is 0 Å². The van der Waals surface area contributed by atoms with Crippen molar-refractivity contribution < 1.29 is 4.74 Å². The minimum absolute atomic E-state index is 0.00879. The molecule has 7 aromatic rings. The van der Waals surface area contributed by atoms with E-state index in [1.54, 1.807) is 0 Å². The molecule has 0 saturated heterocycles. The zero-order valence-electron chi connectivity index (χ0n) is 39.6. The molecule has 5 heteroatoms. The Morgan fingerprint density at radius 3 is 1.66 bits per heavy atom. The standard InChI is InChI=1S/C57H66N4O/c1-53(2,3)39-24-25-58-51(33-39)61-49-23-19-18-22-47(49)52-48(56(10,11)12)35-46(36-50(52)61)62-45-32-41(55(7,8)9)30-44(34-45)60-27-26-59(37-60)43-29-40(54(4,5)6)28-42(31-43)57(13,14)38-20-16-15-17-21-38/h15-36H,37H2,1-14H3. The molecule has 8 rings (SSSR count). The molecule has 1 aliphatic heterocycles. The predicted molar refractivity (Wildman–Crippen MR) is 264 cm³/mol. The average molecular weight is 823 g/mol. The Hall–Kier alpha value is -5.81. The number of fused-ring (bicyclic) bond motifs is 3. The molecule has 62 heavy (non-hydrogen) atoms. The summed E-state index contributed by atoms with van der Waals surface area (Å²) in [6.45, 7) is 32.7. The summed E-state index contributed by atoms with van der Waals surface area (Å²) in [5.74, 6) is 2.53. The Morgan fingerprint density at radius 1 is 0.468 bits per heavy atom. The average Bonchev–Trinajstić information content (AvgIpc) is 3.83. The number of nitrogens with zero attached hydrogens (tertiary/aromatic N) is 4. The summed E-state index contributed by atoms with van der Waals surface area (Å²) in [5, 5.41) is 2.45. The first-order chi connectivity index (χ1) is 29.0. The van der Waals surface area contributed by atoms with Crippen LogP contribution in [0.2, 0.25) is 0 Å². The van der Waals surface area contributed by atoms with E-state index in [4.69, 9.17) is 9.72 Å². The van der Waals surface area contributed by atoms with Crippen LogP contribution in [0.15, 0.2) is 134 Å². The van der Waals surface area contributed by atoms with Gasteiger partial charge in [-0.1, -0.05) is 152 Å². The highest BCUT2D eigenvalue weighted by Gasteiger charge is 2.29. The van der Waals surface area contributed by atoms with Crippen LogP contribution in [0.25, 0.3) is 27.6 Å². The lowest BCUT2D eigenvalue weighted by atomic mass is 9.75. The zero-order chi connectivity index (χ0) is 44.6. The molecular formula is C57H66N4O. The summed E-state index contributed by atoms with van der Waals surface area (Å²) in [7, 11) is 0. The van der Waals surface area contributed by atoms with Crippen LogP contribution < -0.4 is 14.5 Å². The molecule has 0 fully saturated rings. The molecule has 5 nitrogen and oxygen atoms in total. The van der Waals surface area contributed by atoms with Crippen molar-refractivity contribution in [3.05, 3.63) is 167 Å². The first-order valence-corrected chi connectivity index (χ1v) is 22.3. The van der Waals surface area contributed by atoms with Crippen LogP contribution in [0, 0.1) is 0 Å². The molecule has 2 aromatic heterocycles. The van der Waals surface area contributed by atoms with Crippen LogP contribution in [-0.2, 0) is 27.1 Å². The summed E-state index contributed by atoms with van der Waals surface area (Å²) in [6.07, 6.45) is 6.37. The lowest BCUT2D eigenvalue weighted by molar-refractivity contribution is 0.476. The maximum atomic E-state index is 7.08. The minimum Gasteiger partial charge on any atom is -0.457 e. The zero-order valence-corrected chi connectivity index (χ0v) is 39.6. The second-order valence-corrected chi connectivity index (χ2v) is 22.1. The van der Waals surface area contributed by atoms with Crippen LogP contribution in [-0.4, -0.2) is 16.2 Å². The third kappa shape index (κ3) is 8.27. The number of benzene rings is 5. The highest BCUT2D eigenvalue weighted by Crippen LogP contribution is 2.44. The summed E-state index contributed by atoms with van der Waals surface area (Å²) < 4.78 is 9.41. The summed E-state index contributed by atoms with van der Waals surface area (Å²) >= 11 is 0. The molecule has 3 heterocycles. The van der Waals surface area contributed by atoms with Gasteiger partial charge in [0.15, 0.2) is 0 Å². The summed E-state index contributed by atoms with van der Waals surface area (Å²) in [4.78, 5) is 9.68. The van der Waals surface area contributed by atoms with Gasteiger partial charge >= 0.3 is 0 Å². The van der Waals surface area contributed by atoms with Crippen molar-refractivity contribution in [3.8, 4) is 17.3 Å². The Morgan fingerprint density at radius 2 is 1.03 bits per heavy atom. The van der Waals surface area contributed by atoms with Gasteiger partial charge in [-0.05, 0) is 104 Å². The smallest absolute Gasteiger partial charge is 0.137 e. The van der Waals surface area contributed by atoms with E-state index in [1.807, 2.05) is 6.20 Å². The van der Waals surface area contributed by atoms with Gasteiger partial charge in [0.05, 0.1) is 17.7 Å². The number of para-hydroxylation sites is 1. The number of anilines is 2. The second kappa shape index (κ2) is 15.2. The summed E-state index contributed by atoms with van der Waals surface area (Å²) in [5.41, 5.74) is 11.7. The van der Waals surface area contributed by atoms with Gasteiger partial charge in [0.1, 0.15) is 17.3 Å². The van der Waals surface area contributed by atoms with Crippen molar-refractivity contribution in [1.29, 1.82) is 0 Å². The Labute approximate surface area is 371 Å². The molecule has 0 saturated carbocycles. The Kier molecular flexibility index (Phi) is 10.5. The molecular weight excluding hydrogens is 757 g/mol. The Balaban J connectivity index is 1.20. The fraction of sp³-hybridized carbons (Fsp3) is 0.351. The minimum atomic E-state index is -0.162. The van der Waals surface area contributed by atoms with Crippen molar-refractivity contribution in [2.75, 3.05) is 16.5 Å². The van der Waals surface area contributed by atoms with E-state index in [9.17, 15) is 0 Å². The monoisotopic (exact) mass is 823 g/mol. The first-order valence-electron chi connectivity index (χ1n) is 22.3. The number of ether oxygens (including phenoxy) is 1. The highest BCUT2D eigenvalue weighted by molar-refractivity contribution is 6.11. The fourth-order valence-electron chi connectivity index (χ4n) is 8.70. The van der Waals surface area contributed by atoms with Gasteiger partial charge < -0.3 is 14.5 Å². The molecule has 0 aliphatic carbocycles. The van der Waals surface area contributed by atoms with E-state index in [2.05, 4.69) is 239 Å². The van der Waals surface area contributed by atoms with Gasteiger partial charge in [-0.15, -0.1) is 0 Å². The molecule has 0 spiro atoms. The summed E-state index contributed by atoms with van der Waals surface area (Å²) in [6, 6.07) is 42.3. The van der Waals surface area contributed by atoms with Gasteiger partial charge in [-0.25, -0.2) is 4.98 Å². The topological polar surface area (TPSA) is 33.5 Å². The van der Waals surface area contributed by atoms with Crippen molar-refractivity contribution in [2.45, 2.75) is 124 Å². The SMILES string of the molecule is CC(C)(C)c1cc(Oc2cc(C(C)(C)C)c3c4ccccc4n(-c4cc(C(C)(C)C)ccn4)c3c2)cc(N2C=CN(c3cc(C(C)(C)C)cc(C(C)(C)c4ccccc4)c3)C2)c1. The molecule has 0 N–H and O–H groups in total. The van der Waals surface area contributed by atoms with E-state index in [1.165, 1.54) is 49.8 Å². The van der Waals surface area contributed by atoms with Gasteiger partial charge in [0.25, 0.3) is 0 Å². The predicted octanol–water partition coefficient (Wildman–Crippen LogP) is 15.2. The number of rotatable bonds is 7. The maximum absolute atomic E-state index is 7.08. The fourth-order valence-corrected chi connectivity index (χ4v) is 8.70. The van der Waals surface area contributed by atoms with E-state index in [0.717, 1.165) is 34.0 Å². The number of hydrogen-bond acceptors (Lipinski definition) is 4. The van der Waals surface area contributed by atoms with Crippen molar-refractivity contribution >= 4 is 33.2 Å². The first kappa shape index (κ1) is 42.9. The molecule has 5 aromatic carbocycles. The third-order valence-electron chi connectivity index (χ3n) is 12.8. The molecule has 320 valence electrons. The molecule has 0 unspecified atom stereocenters. The van der Waals surface area contributed by atoms with Crippen LogP contribution in [0.4, 0.5) is 11.4 Å². The molecule has 0 atom stereocenters. The lowest BCUT2D eigenvalue weighted by Gasteiger charge is -2.31. The third-order valence-corrected chi connectivity index (χ3v) is 12.8. The quantitative estimate of drug-likeness (QED) is 0.160. The largest absolute Gasteiger partial charge is 0.457 e. The van der Waals surface area contributed by atoms with Crippen molar-refractivity contribution in [2.24, 2.45) is 0 Å². The number of aromatic nitrogens is 2. The number of pyridine rings is 1. The molecule has 0 radical (unpaired) electrons. The maximum Gasteiger partial charge on any atom is 0.137 e. The van der Waals surface area contributed by atoms with E-state index in [0.29, 0.717) is 6.67 Å². The molecule has 0 bridgehead atoms. The van der Waals surface area contributed by atoms with E-state index >= 15 is 0 Å². The van der Waals surface area contributed by atoms with Gasteiger partial charge in [0, 0.05) is 58.3 Å². The van der Waals surface area contributed by atoms with Gasteiger partial charge in [-0.3, -0.25) is 4.57 Å². The van der Waals surface area contributed by atoms with Crippen LogP contribution in [0.1, 0.15) is 130 Å². The molecule has 1 aliphatic rings. The van der Waals surface area contributed by atoms with Crippen LogP contribution in [0.5, 0.6) is 11.5 Å². The Bertz CT molecular complexity index is 2810. The van der Waals surface area contributed by atoms with Gasteiger partial charge in [-0.2, -0.15) is 0 Å².